The molecule has 0 spiro atoms. The Bertz CT molecular complexity index is 524. The number of aliphatic imine (C=N–C) groups is 1. The molecule has 1 aromatic heterocycles. The zero-order valence-corrected chi connectivity index (χ0v) is 9.37. The van der Waals surface area contributed by atoms with Gasteiger partial charge in [0.25, 0.3) is 0 Å². The van der Waals surface area contributed by atoms with E-state index in [1.807, 2.05) is 12.1 Å². The smallest absolute Gasteiger partial charge is 0.166 e. The van der Waals surface area contributed by atoms with E-state index in [0.717, 1.165) is 0 Å². The van der Waals surface area contributed by atoms with Crippen molar-refractivity contribution in [2.45, 2.75) is 0 Å². The summed E-state index contributed by atoms with van der Waals surface area (Å²) >= 11 is 0. The lowest BCUT2D eigenvalue weighted by Crippen LogP contribution is -1.88. The van der Waals surface area contributed by atoms with Crippen LogP contribution in [0, 0.1) is 0 Å². The van der Waals surface area contributed by atoms with E-state index >= 15 is 0 Å². The molecule has 17 heavy (non-hydrogen) atoms. The van der Waals surface area contributed by atoms with Gasteiger partial charge in [-0.2, -0.15) is 0 Å². The number of rotatable bonds is 3. The van der Waals surface area contributed by atoms with Crippen LogP contribution in [0.5, 0.6) is 11.5 Å². The van der Waals surface area contributed by atoms with Gasteiger partial charge in [-0.1, -0.05) is 12.1 Å². The van der Waals surface area contributed by atoms with Gasteiger partial charge in [0.2, 0.25) is 0 Å². The van der Waals surface area contributed by atoms with Crippen LogP contribution in [0.1, 0.15) is 5.56 Å². The van der Waals surface area contributed by atoms with E-state index in [4.69, 9.17) is 4.74 Å². The second-order valence-electron chi connectivity index (χ2n) is 3.34. The van der Waals surface area contributed by atoms with Crippen LogP contribution in [0.4, 0.5) is 5.82 Å². The molecular weight excluding hydrogens is 216 g/mol. The molecule has 0 radical (unpaired) electrons. The number of phenols is 1. The average Bonchev–Trinajstić information content (AvgIpc) is 2.39. The first-order valence-electron chi connectivity index (χ1n) is 5.12. The van der Waals surface area contributed by atoms with E-state index in [9.17, 15) is 5.11 Å². The van der Waals surface area contributed by atoms with Crippen molar-refractivity contribution >= 4 is 12.0 Å². The van der Waals surface area contributed by atoms with Crippen molar-refractivity contribution in [3.8, 4) is 11.5 Å². The SMILES string of the molecule is COc1cccc(C=Nc2ccccn2)c1O. The summed E-state index contributed by atoms with van der Waals surface area (Å²) in [5.41, 5.74) is 0.593. The molecule has 4 nitrogen and oxygen atoms in total. The van der Waals surface area contributed by atoms with Crippen molar-refractivity contribution in [3.63, 3.8) is 0 Å². The molecule has 0 bridgehead atoms. The third-order valence-electron chi connectivity index (χ3n) is 2.24. The monoisotopic (exact) mass is 228 g/mol. The molecular formula is C13H12N2O2. The lowest BCUT2D eigenvalue weighted by Gasteiger charge is -2.04. The van der Waals surface area contributed by atoms with Crippen LogP contribution in [0.3, 0.4) is 0 Å². The Balaban J connectivity index is 2.28. The Morgan fingerprint density at radius 2 is 2.12 bits per heavy atom. The van der Waals surface area contributed by atoms with Gasteiger partial charge < -0.3 is 9.84 Å². The van der Waals surface area contributed by atoms with Crippen LogP contribution in [0.2, 0.25) is 0 Å². The van der Waals surface area contributed by atoms with Crippen LogP contribution >= 0.6 is 0 Å². The number of para-hydroxylation sites is 1. The average molecular weight is 228 g/mol. The highest BCUT2D eigenvalue weighted by atomic mass is 16.5. The van der Waals surface area contributed by atoms with Crippen LogP contribution in [0.15, 0.2) is 47.6 Å². The van der Waals surface area contributed by atoms with E-state index in [1.165, 1.54) is 7.11 Å². The van der Waals surface area contributed by atoms with Crippen molar-refractivity contribution < 1.29 is 9.84 Å². The van der Waals surface area contributed by atoms with E-state index in [2.05, 4.69) is 9.98 Å². The van der Waals surface area contributed by atoms with Gasteiger partial charge in [-0.3, -0.25) is 0 Å². The Morgan fingerprint density at radius 1 is 1.24 bits per heavy atom. The number of methoxy groups -OCH3 is 1. The van der Waals surface area contributed by atoms with E-state index in [0.29, 0.717) is 17.1 Å². The third kappa shape index (κ3) is 2.60. The molecule has 1 aromatic carbocycles. The summed E-state index contributed by atoms with van der Waals surface area (Å²) in [7, 11) is 1.51. The van der Waals surface area contributed by atoms with Gasteiger partial charge >= 0.3 is 0 Å². The van der Waals surface area contributed by atoms with Crippen molar-refractivity contribution in [2.24, 2.45) is 4.99 Å². The molecule has 86 valence electrons. The number of aromatic nitrogens is 1. The number of hydrogen-bond acceptors (Lipinski definition) is 4. The number of benzene rings is 1. The zero-order valence-electron chi connectivity index (χ0n) is 9.37. The molecule has 0 aliphatic rings. The Kier molecular flexibility index (Phi) is 3.35. The van der Waals surface area contributed by atoms with Crippen LogP contribution < -0.4 is 4.74 Å². The lowest BCUT2D eigenvalue weighted by molar-refractivity contribution is 0.373. The number of ether oxygens (including phenoxy) is 1. The summed E-state index contributed by atoms with van der Waals surface area (Å²) in [4.78, 5) is 8.22. The maximum atomic E-state index is 9.83. The van der Waals surface area contributed by atoms with Crippen LogP contribution in [-0.2, 0) is 0 Å². The molecule has 0 unspecified atom stereocenters. The minimum Gasteiger partial charge on any atom is -0.504 e. The maximum absolute atomic E-state index is 9.83. The van der Waals surface area contributed by atoms with Gasteiger partial charge in [0, 0.05) is 18.0 Å². The number of phenolic OH excluding ortho intramolecular Hbond substituents is 1. The summed E-state index contributed by atoms with van der Waals surface area (Å²) in [6.45, 7) is 0. The maximum Gasteiger partial charge on any atom is 0.166 e. The van der Waals surface area contributed by atoms with Gasteiger partial charge in [0.1, 0.15) is 0 Å². The first kappa shape index (κ1) is 11.1. The van der Waals surface area contributed by atoms with Gasteiger partial charge in [-0.05, 0) is 24.3 Å². The number of nitrogens with zero attached hydrogens (tertiary/aromatic N) is 2. The molecule has 2 aromatic rings. The number of aromatic hydroxyl groups is 1. The minimum absolute atomic E-state index is 0.0784. The second-order valence-corrected chi connectivity index (χ2v) is 3.34. The highest BCUT2D eigenvalue weighted by molar-refractivity contribution is 5.86. The largest absolute Gasteiger partial charge is 0.504 e. The predicted molar refractivity (Wildman–Crippen MR) is 66.1 cm³/mol. The lowest BCUT2D eigenvalue weighted by atomic mass is 10.2. The Labute approximate surface area is 99.2 Å². The number of hydrogen-bond donors (Lipinski definition) is 1. The van der Waals surface area contributed by atoms with Crippen molar-refractivity contribution in [2.75, 3.05) is 7.11 Å². The summed E-state index contributed by atoms with van der Waals surface area (Å²) < 4.78 is 5.01. The molecule has 0 amide bonds. The first-order valence-corrected chi connectivity index (χ1v) is 5.12. The Hall–Kier alpha value is -2.36. The van der Waals surface area contributed by atoms with Crippen LogP contribution in [0.25, 0.3) is 0 Å². The highest BCUT2D eigenvalue weighted by Crippen LogP contribution is 2.28. The Morgan fingerprint density at radius 3 is 2.82 bits per heavy atom. The van der Waals surface area contributed by atoms with Gasteiger partial charge in [0.05, 0.1) is 7.11 Å². The topological polar surface area (TPSA) is 54.7 Å². The quantitative estimate of drug-likeness (QED) is 0.821. The molecule has 0 saturated heterocycles. The molecule has 0 fully saturated rings. The van der Waals surface area contributed by atoms with Crippen molar-refractivity contribution in [3.05, 3.63) is 48.2 Å². The molecule has 0 aliphatic carbocycles. The third-order valence-corrected chi connectivity index (χ3v) is 2.24. The molecule has 0 saturated carbocycles. The highest BCUT2D eigenvalue weighted by Gasteiger charge is 2.04. The summed E-state index contributed by atoms with van der Waals surface area (Å²) in [5.74, 6) is 1.10. The van der Waals surface area contributed by atoms with E-state index in [1.54, 1.807) is 36.7 Å². The summed E-state index contributed by atoms with van der Waals surface area (Å²) in [6.07, 6.45) is 3.22. The summed E-state index contributed by atoms with van der Waals surface area (Å²) in [5, 5.41) is 9.83. The molecule has 1 N–H and O–H groups in total. The van der Waals surface area contributed by atoms with Gasteiger partial charge in [-0.25, -0.2) is 9.98 Å². The van der Waals surface area contributed by atoms with E-state index in [-0.39, 0.29) is 5.75 Å². The fourth-order valence-electron chi connectivity index (χ4n) is 1.37. The second kappa shape index (κ2) is 5.12. The van der Waals surface area contributed by atoms with Crippen molar-refractivity contribution in [1.82, 2.24) is 4.98 Å². The number of pyridine rings is 1. The molecule has 0 atom stereocenters. The molecule has 0 aliphatic heterocycles. The predicted octanol–water partition coefficient (Wildman–Crippen LogP) is 2.55. The van der Waals surface area contributed by atoms with Crippen LogP contribution in [-0.4, -0.2) is 23.4 Å². The van der Waals surface area contributed by atoms with E-state index < -0.39 is 0 Å². The normalized spacial score (nSPS) is 10.6. The van der Waals surface area contributed by atoms with Gasteiger partial charge in [-0.15, -0.1) is 0 Å². The molecule has 4 heteroatoms. The fraction of sp³-hybridized carbons (Fsp3) is 0.0769. The fourth-order valence-corrected chi connectivity index (χ4v) is 1.37. The zero-order chi connectivity index (χ0) is 12.1. The molecule has 2 rings (SSSR count). The standard InChI is InChI=1S/C13H12N2O2/c1-17-11-6-4-5-10(13(11)16)9-15-12-7-2-3-8-14-12/h2-9,16H,1H3. The van der Waals surface area contributed by atoms with Gasteiger partial charge in [0.15, 0.2) is 17.3 Å². The first-order chi connectivity index (χ1) is 8.31. The summed E-state index contributed by atoms with van der Waals surface area (Å²) in [6, 6.07) is 10.7. The molecule has 1 heterocycles. The van der Waals surface area contributed by atoms with Crippen molar-refractivity contribution in [1.29, 1.82) is 0 Å². The minimum atomic E-state index is 0.0784.